The fourth-order valence-electron chi connectivity index (χ4n) is 3.48. The van der Waals surface area contributed by atoms with Crippen molar-refractivity contribution in [2.75, 3.05) is 6.61 Å². The van der Waals surface area contributed by atoms with Crippen LogP contribution in [0, 0.1) is 10.8 Å². The van der Waals surface area contributed by atoms with E-state index >= 15 is 0 Å². The van der Waals surface area contributed by atoms with Crippen LogP contribution in [0.25, 0.3) is 0 Å². The predicted octanol–water partition coefficient (Wildman–Crippen LogP) is 5.39. The molecule has 2 atom stereocenters. The fourth-order valence-corrected chi connectivity index (χ4v) is 3.48. The maximum Gasteiger partial charge on any atom is 0.514 e. The first-order valence-corrected chi connectivity index (χ1v) is 13.4. The Hall–Kier alpha value is -3.92. The van der Waals surface area contributed by atoms with Gasteiger partial charge in [-0.2, -0.15) is 0 Å². The second-order valence-corrected chi connectivity index (χ2v) is 12.2. The Balaban J connectivity index is 2.01. The molecule has 41 heavy (non-hydrogen) atoms. The molecule has 2 aromatic rings. The van der Waals surface area contributed by atoms with E-state index in [-0.39, 0.29) is 48.2 Å². The number of carbonyl (C=O) groups is 4. The normalized spacial score (nSPS) is 13.0. The molecule has 10 nitrogen and oxygen atoms in total. The van der Waals surface area contributed by atoms with Crippen molar-refractivity contribution in [3.63, 3.8) is 0 Å². The van der Waals surface area contributed by atoms with Crippen LogP contribution in [0.1, 0.15) is 66.9 Å². The van der Waals surface area contributed by atoms with Gasteiger partial charge in [0.15, 0.2) is 11.5 Å². The summed E-state index contributed by atoms with van der Waals surface area (Å²) < 4.78 is 26.4. The molecule has 2 N–H and O–H groups in total. The highest BCUT2D eigenvalue weighted by Crippen LogP contribution is 2.32. The number of carbonyl (C=O) groups excluding carboxylic acids is 4. The number of ether oxygens (including phenoxy) is 5. The lowest BCUT2D eigenvalue weighted by molar-refractivity contribution is -0.148. The molecule has 0 aliphatic rings. The standard InChI is InChI=1S/C31H41NO9/c1-20(38-29(36)39-22-11-9-8-10-12-22)19-37-28(35)23(32)15-21-13-14-24(40-26(33)17-30(2,3)4)25(16-21)41-27(34)18-31(5,6)7/h8-14,16,20,23H,15,17-19,32H2,1-7H3/t20-,23-/m0/s1. The molecule has 10 heteroatoms. The van der Waals surface area contributed by atoms with Gasteiger partial charge in [-0.3, -0.25) is 14.4 Å². The van der Waals surface area contributed by atoms with E-state index in [1.54, 1.807) is 43.3 Å². The molecule has 0 unspecified atom stereocenters. The Kier molecular flexibility index (Phi) is 11.9. The quantitative estimate of drug-likeness (QED) is 0.212. The van der Waals surface area contributed by atoms with Gasteiger partial charge < -0.3 is 29.4 Å². The minimum Gasteiger partial charge on any atom is -0.461 e. The van der Waals surface area contributed by atoms with Gasteiger partial charge in [-0.25, -0.2) is 4.79 Å². The van der Waals surface area contributed by atoms with E-state index < -0.39 is 36.2 Å². The summed E-state index contributed by atoms with van der Waals surface area (Å²) in [5.41, 5.74) is 6.01. The third-order valence-electron chi connectivity index (χ3n) is 5.27. The molecule has 0 bridgehead atoms. The number of esters is 3. The van der Waals surface area contributed by atoms with Crippen molar-refractivity contribution in [3.8, 4) is 17.2 Å². The second-order valence-electron chi connectivity index (χ2n) is 12.2. The lowest BCUT2D eigenvalue weighted by Crippen LogP contribution is -2.36. The van der Waals surface area contributed by atoms with Gasteiger partial charge in [-0.1, -0.05) is 65.8 Å². The molecule has 0 aliphatic carbocycles. The largest absolute Gasteiger partial charge is 0.514 e. The van der Waals surface area contributed by atoms with Crippen molar-refractivity contribution in [1.29, 1.82) is 0 Å². The fraction of sp³-hybridized carbons (Fsp3) is 0.484. The van der Waals surface area contributed by atoms with E-state index in [2.05, 4.69) is 0 Å². The summed E-state index contributed by atoms with van der Waals surface area (Å²) in [6.07, 6.45) is -1.37. The van der Waals surface area contributed by atoms with Crippen LogP contribution >= 0.6 is 0 Å². The molecule has 0 aliphatic heterocycles. The Morgan fingerprint density at radius 3 is 1.90 bits per heavy atom. The maximum atomic E-state index is 12.6. The maximum absolute atomic E-state index is 12.6. The van der Waals surface area contributed by atoms with E-state index in [0.717, 1.165) is 0 Å². The molecule has 0 spiro atoms. The number of nitrogens with two attached hydrogens (primary N) is 1. The first-order chi connectivity index (χ1) is 19.0. The molecule has 0 radical (unpaired) electrons. The molecule has 224 valence electrons. The van der Waals surface area contributed by atoms with Gasteiger partial charge in [0.25, 0.3) is 0 Å². The van der Waals surface area contributed by atoms with Gasteiger partial charge in [0.1, 0.15) is 24.5 Å². The third kappa shape index (κ3) is 13.3. The second kappa shape index (κ2) is 14.6. The van der Waals surface area contributed by atoms with E-state index in [4.69, 9.17) is 29.4 Å². The molecular weight excluding hydrogens is 530 g/mol. The zero-order chi connectivity index (χ0) is 30.8. The molecule has 2 rings (SSSR count). The summed E-state index contributed by atoms with van der Waals surface area (Å²) in [5.74, 6) is -1.21. The summed E-state index contributed by atoms with van der Waals surface area (Å²) in [7, 11) is 0. The van der Waals surface area contributed by atoms with Crippen LogP contribution in [0.4, 0.5) is 4.79 Å². The molecule has 0 amide bonds. The van der Waals surface area contributed by atoms with Gasteiger partial charge in [0, 0.05) is 0 Å². The van der Waals surface area contributed by atoms with Gasteiger partial charge in [-0.05, 0) is 54.0 Å². The molecule has 0 fully saturated rings. The number of para-hydroxylation sites is 1. The zero-order valence-corrected chi connectivity index (χ0v) is 24.9. The predicted molar refractivity (Wildman–Crippen MR) is 152 cm³/mol. The molecule has 0 saturated heterocycles. The van der Waals surface area contributed by atoms with Crippen molar-refractivity contribution < 1.29 is 42.9 Å². The van der Waals surface area contributed by atoms with E-state index in [1.165, 1.54) is 12.1 Å². The smallest absolute Gasteiger partial charge is 0.461 e. The lowest BCUT2D eigenvalue weighted by atomic mass is 9.92. The summed E-state index contributed by atoms with van der Waals surface area (Å²) >= 11 is 0. The molecule has 0 aromatic heterocycles. The van der Waals surface area contributed by atoms with E-state index in [0.29, 0.717) is 11.3 Å². The number of benzene rings is 2. The Morgan fingerprint density at radius 1 is 0.780 bits per heavy atom. The summed E-state index contributed by atoms with van der Waals surface area (Å²) in [6.45, 7) is 12.7. The first kappa shape index (κ1) is 33.3. The molecular formula is C31H41NO9. The van der Waals surface area contributed by atoms with Crippen LogP contribution in [0.3, 0.4) is 0 Å². The van der Waals surface area contributed by atoms with Crippen LogP contribution < -0.4 is 19.9 Å². The molecule has 2 aromatic carbocycles. The van der Waals surface area contributed by atoms with Gasteiger partial charge in [0.05, 0.1) is 12.8 Å². The van der Waals surface area contributed by atoms with Crippen molar-refractivity contribution in [3.05, 3.63) is 54.1 Å². The zero-order valence-electron chi connectivity index (χ0n) is 24.9. The van der Waals surface area contributed by atoms with Gasteiger partial charge >= 0.3 is 24.1 Å². The highest BCUT2D eigenvalue weighted by molar-refractivity contribution is 5.78. The Labute approximate surface area is 241 Å². The topological polar surface area (TPSA) is 140 Å². The summed E-state index contributed by atoms with van der Waals surface area (Å²) in [6, 6.07) is 12.0. The average Bonchev–Trinajstić information content (AvgIpc) is 2.82. The van der Waals surface area contributed by atoms with Gasteiger partial charge in [-0.15, -0.1) is 0 Å². The highest BCUT2D eigenvalue weighted by atomic mass is 16.7. The molecule has 0 heterocycles. The number of hydrogen-bond donors (Lipinski definition) is 1. The lowest BCUT2D eigenvalue weighted by Gasteiger charge is -2.20. The van der Waals surface area contributed by atoms with Crippen LogP contribution in [0.15, 0.2) is 48.5 Å². The van der Waals surface area contributed by atoms with Crippen molar-refractivity contribution >= 4 is 24.1 Å². The van der Waals surface area contributed by atoms with Crippen LogP contribution in [-0.2, 0) is 30.3 Å². The number of hydrogen-bond acceptors (Lipinski definition) is 10. The monoisotopic (exact) mass is 571 g/mol. The SMILES string of the molecule is C[C@@H](COC(=O)[C@@H](N)Cc1ccc(OC(=O)CC(C)(C)C)c(OC(=O)CC(C)(C)C)c1)OC(=O)Oc1ccccc1. The minimum atomic E-state index is -1.06. The number of rotatable bonds is 11. The molecule has 0 saturated carbocycles. The van der Waals surface area contributed by atoms with Gasteiger partial charge in [0.2, 0.25) is 0 Å². The highest BCUT2D eigenvalue weighted by Gasteiger charge is 2.24. The van der Waals surface area contributed by atoms with Crippen LogP contribution in [0.2, 0.25) is 0 Å². The van der Waals surface area contributed by atoms with Crippen LogP contribution in [-0.4, -0.2) is 42.8 Å². The minimum absolute atomic E-state index is 0.0458. The third-order valence-corrected chi connectivity index (χ3v) is 5.27. The van der Waals surface area contributed by atoms with Crippen molar-refractivity contribution in [1.82, 2.24) is 0 Å². The Morgan fingerprint density at radius 2 is 1.34 bits per heavy atom. The summed E-state index contributed by atoms with van der Waals surface area (Å²) in [5, 5.41) is 0. The van der Waals surface area contributed by atoms with Crippen LogP contribution in [0.5, 0.6) is 17.2 Å². The van der Waals surface area contributed by atoms with Crippen molar-refractivity contribution in [2.45, 2.75) is 79.9 Å². The van der Waals surface area contributed by atoms with Crippen molar-refractivity contribution in [2.24, 2.45) is 16.6 Å². The average molecular weight is 572 g/mol. The summed E-state index contributed by atoms with van der Waals surface area (Å²) in [4.78, 5) is 49.4. The first-order valence-electron chi connectivity index (χ1n) is 13.4. The Bertz CT molecular complexity index is 1200. The van der Waals surface area contributed by atoms with E-state index in [1.807, 2.05) is 41.5 Å². The van der Waals surface area contributed by atoms with E-state index in [9.17, 15) is 19.2 Å².